The normalized spacial score (nSPS) is 11.3. The molecule has 0 bridgehead atoms. The molecule has 0 saturated carbocycles. The monoisotopic (exact) mass is 577 g/mol. The predicted molar refractivity (Wildman–Crippen MR) is 100 cm³/mol. The Hall–Kier alpha value is -4.12. The number of benzene rings is 3. The zero-order valence-electron chi connectivity index (χ0n) is 17.7. The van der Waals surface area contributed by atoms with Gasteiger partial charge in [0.2, 0.25) is 17.5 Å². The van der Waals surface area contributed by atoms with Crippen LogP contribution in [-0.4, -0.2) is 18.4 Å². The van der Waals surface area contributed by atoms with Crippen LogP contribution in [0.15, 0.2) is 0 Å². The van der Waals surface area contributed by atoms with Crippen LogP contribution in [0.4, 0.5) is 65.9 Å². The fourth-order valence-corrected chi connectivity index (χ4v) is 3.30. The first-order chi connectivity index (χ1) is 17.6. The van der Waals surface area contributed by atoms with E-state index in [1.807, 2.05) is 0 Å². The number of hydrogen-bond acceptors (Lipinski definition) is 1. The molecule has 0 aliphatic rings. The van der Waals surface area contributed by atoms with Crippen molar-refractivity contribution in [3.05, 3.63) is 87.3 Å². The molecule has 3 aromatic carbocycles. The Kier molecular flexibility index (Phi) is 7.46. The summed E-state index contributed by atoms with van der Waals surface area (Å²) in [6.07, 6.45) is 0. The Morgan fingerprint density at radius 1 is 0.333 bits per heavy atom. The lowest BCUT2D eigenvalue weighted by atomic mass is 10.0. The maximum atomic E-state index is 14.5. The topological polar surface area (TPSA) is 28.7 Å². The van der Waals surface area contributed by atoms with Crippen LogP contribution in [0, 0.1) is 87.3 Å². The fraction of sp³-hybridized carbons (Fsp3) is 0. The van der Waals surface area contributed by atoms with E-state index in [0.717, 1.165) is 0 Å². The average Bonchev–Trinajstić information content (AvgIpc) is 3.30. The number of halogens is 15. The number of hydrogen-bond donors (Lipinski definition) is 1. The maximum absolute atomic E-state index is 14.5. The minimum atomic E-state index is -2.80. The smallest absolute Gasteiger partial charge is 0.200 e. The van der Waals surface area contributed by atoms with Gasteiger partial charge in [-0.3, -0.25) is 0 Å². The van der Waals surface area contributed by atoms with Crippen LogP contribution < -0.4 is 0 Å². The molecule has 0 atom stereocenters. The Labute approximate surface area is 206 Å². The van der Waals surface area contributed by atoms with Gasteiger partial charge < -0.3 is 4.98 Å². The number of rotatable bonds is 3. The minimum Gasteiger partial charge on any atom is -0.337 e. The standard InChI is InChI=1S/C21HF15N2.B/c22-4-1(5(23)11(29)16(34)10(4)28)19-20(2-6(24)12(30)17(35)13(31)7(2)25)38-21(37-19)3-8(26)14(32)18(36)15(33)9(3)27;/h(H,37,38);. The molecule has 4 aromatic rings. The zero-order valence-corrected chi connectivity index (χ0v) is 17.7. The van der Waals surface area contributed by atoms with Crippen molar-refractivity contribution >= 4 is 8.41 Å². The second-order valence-electron chi connectivity index (χ2n) is 7.14. The van der Waals surface area contributed by atoms with Gasteiger partial charge in [-0.05, 0) is 0 Å². The van der Waals surface area contributed by atoms with E-state index in [1.165, 1.54) is 4.98 Å². The highest BCUT2D eigenvalue weighted by atomic mass is 19.2. The molecule has 0 saturated heterocycles. The summed E-state index contributed by atoms with van der Waals surface area (Å²) in [7, 11) is 0. The van der Waals surface area contributed by atoms with Crippen molar-refractivity contribution in [1.82, 2.24) is 9.97 Å². The fourth-order valence-electron chi connectivity index (χ4n) is 3.30. The van der Waals surface area contributed by atoms with Gasteiger partial charge in [-0.25, -0.2) is 70.8 Å². The van der Waals surface area contributed by atoms with Crippen LogP contribution in [0.2, 0.25) is 0 Å². The molecule has 0 spiro atoms. The molecule has 4 rings (SSSR count). The zero-order chi connectivity index (χ0) is 28.5. The Bertz CT molecular complexity index is 1510. The Morgan fingerprint density at radius 2 is 0.590 bits per heavy atom. The first-order valence-corrected chi connectivity index (χ1v) is 9.28. The van der Waals surface area contributed by atoms with Gasteiger partial charge in [0.1, 0.15) is 11.5 Å². The third-order valence-electron chi connectivity index (χ3n) is 5.06. The van der Waals surface area contributed by atoms with E-state index in [-0.39, 0.29) is 8.41 Å². The van der Waals surface area contributed by atoms with Crippen LogP contribution in [0.1, 0.15) is 0 Å². The van der Waals surface area contributed by atoms with Crippen molar-refractivity contribution in [3.8, 4) is 33.9 Å². The molecule has 0 amide bonds. The average molecular weight is 577 g/mol. The molecule has 203 valence electrons. The third-order valence-corrected chi connectivity index (χ3v) is 5.06. The van der Waals surface area contributed by atoms with Crippen molar-refractivity contribution in [2.45, 2.75) is 0 Å². The highest BCUT2D eigenvalue weighted by molar-refractivity contribution is 5.82. The van der Waals surface area contributed by atoms with E-state index in [9.17, 15) is 65.9 Å². The number of imidazole rings is 1. The van der Waals surface area contributed by atoms with Crippen LogP contribution in [0.5, 0.6) is 0 Å². The van der Waals surface area contributed by atoms with Gasteiger partial charge in [-0.1, -0.05) is 0 Å². The number of nitrogens with one attached hydrogen (secondary N) is 1. The summed E-state index contributed by atoms with van der Waals surface area (Å²) in [5, 5.41) is 0. The highest BCUT2D eigenvalue weighted by Gasteiger charge is 2.36. The maximum Gasteiger partial charge on any atom is 0.200 e. The summed E-state index contributed by atoms with van der Waals surface area (Å²) in [5.74, 6) is -42.9. The van der Waals surface area contributed by atoms with E-state index < -0.39 is 121 Å². The molecule has 2 nitrogen and oxygen atoms in total. The molecule has 1 heterocycles. The van der Waals surface area contributed by atoms with E-state index >= 15 is 0 Å². The number of aromatic nitrogens is 2. The van der Waals surface area contributed by atoms with Crippen LogP contribution >= 0.6 is 0 Å². The summed E-state index contributed by atoms with van der Waals surface area (Å²) in [4.78, 5) is 4.34. The van der Waals surface area contributed by atoms with Crippen LogP contribution in [0.3, 0.4) is 0 Å². The SMILES string of the molecule is Fc1c(F)c(F)c(-c2nc(-c3c(F)c(F)c(F)c(F)c3F)c(-c3c(F)c(F)c(F)c(F)c3F)[nH]2)c(F)c1F.[B]. The first kappa shape index (κ1) is 29.4. The lowest BCUT2D eigenvalue weighted by molar-refractivity contribution is 0.380. The molecule has 0 aliphatic carbocycles. The second kappa shape index (κ2) is 9.89. The van der Waals surface area contributed by atoms with Gasteiger partial charge in [0.15, 0.2) is 69.8 Å². The van der Waals surface area contributed by atoms with Crippen LogP contribution in [0.25, 0.3) is 33.9 Å². The minimum absolute atomic E-state index is 0. The molecule has 3 radical (unpaired) electrons. The van der Waals surface area contributed by atoms with E-state index in [4.69, 9.17) is 0 Å². The molecule has 0 fully saturated rings. The van der Waals surface area contributed by atoms with Crippen LogP contribution in [-0.2, 0) is 0 Å². The van der Waals surface area contributed by atoms with Crippen molar-refractivity contribution in [1.29, 1.82) is 0 Å². The van der Waals surface area contributed by atoms with Gasteiger partial charge in [0, 0.05) is 8.41 Å². The lowest BCUT2D eigenvalue weighted by Crippen LogP contribution is -2.07. The molecule has 1 N–H and O–H groups in total. The predicted octanol–water partition coefficient (Wildman–Crippen LogP) is 7.12. The van der Waals surface area contributed by atoms with E-state index in [0.29, 0.717) is 0 Å². The molecular formula is C21HBF15N2. The second-order valence-corrected chi connectivity index (χ2v) is 7.14. The van der Waals surface area contributed by atoms with E-state index in [1.54, 1.807) is 0 Å². The van der Waals surface area contributed by atoms with Crippen molar-refractivity contribution in [2.75, 3.05) is 0 Å². The van der Waals surface area contributed by atoms with Gasteiger partial charge in [-0.2, -0.15) is 0 Å². The van der Waals surface area contributed by atoms with Crippen molar-refractivity contribution in [2.24, 2.45) is 0 Å². The quantitative estimate of drug-likeness (QED) is 0.120. The van der Waals surface area contributed by atoms with Gasteiger partial charge in [-0.15, -0.1) is 0 Å². The summed E-state index contributed by atoms with van der Waals surface area (Å²) < 4.78 is 209. The molecule has 18 heteroatoms. The summed E-state index contributed by atoms with van der Waals surface area (Å²) in [6, 6.07) is 0. The Balaban J connectivity index is 0.00000420. The number of H-pyrrole nitrogens is 1. The van der Waals surface area contributed by atoms with E-state index in [2.05, 4.69) is 4.98 Å². The van der Waals surface area contributed by atoms with Crippen molar-refractivity contribution < 1.29 is 65.9 Å². The van der Waals surface area contributed by atoms with Gasteiger partial charge >= 0.3 is 0 Å². The molecule has 1 aromatic heterocycles. The number of aromatic amines is 1. The highest BCUT2D eigenvalue weighted by Crippen LogP contribution is 2.42. The Morgan fingerprint density at radius 3 is 0.923 bits per heavy atom. The van der Waals surface area contributed by atoms with Gasteiger partial charge in [0.25, 0.3) is 0 Å². The third kappa shape index (κ3) is 4.08. The lowest BCUT2D eigenvalue weighted by Gasteiger charge is -2.11. The van der Waals surface area contributed by atoms with Crippen molar-refractivity contribution in [3.63, 3.8) is 0 Å². The summed E-state index contributed by atoms with van der Waals surface area (Å²) in [6.45, 7) is 0. The number of nitrogens with zero attached hydrogens (tertiary/aromatic N) is 1. The molecule has 39 heavy (non-hydrogen) atoms. The summed E-state index contributed by atoms with van der Waals surface area (Å²) in [5.41, 5.74) is -10.3. The molecular weight excluding hydrogens is 576 g/mol. The van der Waals surface area contributed by atoms with Gasteiger partial charge in [0.05, 0.1) is 22.4 Å². The largest absolute Gasteiger partial charge is 0.337 e. The first-order valence-electron chi connectivity index (χ1n) is 9.28. The molecule has 0 unspecified atom stereocenters. The summed E-state index contributed by atoms with van der Waals surface area (Å²) >= 11 is 0. The molecule has 0 aliphatic heterocycles.